The average Bonchev–Trinajstić information content (AvgIpc) is 3.62. The van der Waals surface area contributed by atoms with Crippen LogP contribution >= 0.6 is 0 Å². The fourth-order valence-corrected chi connectivity index (χ4v) is 6.25. The lowest BCUT2D eigenvalue weighted by atomic mass is 9.76. The minimum atomic E-state index is -1.11. The number of aliphatic hydroxyl groups excluding tert-OH is 3. The molecule has 2 aliphatic carbocycles. The Hall–Kier alpha value is -3.40. The van der Waals surface area contributed by atoms with Gasteiger partial charge in [-0.1, -0.05) is 43.2 Å². The number of ether oxygens (including phenoxy) is 2. The average molecular weight is 537 g/mol. The van der Waals surface area contributed by atoms with E-state index in [1.165, 1.54) is 7.11 Å². The molecule has 4 N–H and O–H groups in total. The van der Waals surface area contributed by atoms with Crippen LogP contribution in [0.15, 0.2) is 54.1 Å². The normalized spacial score (nSPS) is 23.8. The zero-order valence-electron chi connectivity index (χ0n) is 22.1. The molecule has 4 unspecified atom stereocenters. The first kappa shape index (κ1) is 27.2. The molecule has 0 spiro atoms. The molecule has 1 aliphatic heterocycles. The third-order valence-electron chi connectivity index (χ3n) is 8.02. The molecule has 4 atom stereocenters. The van der Waals surface area contributed by atoms with Gasteiger partial charge in [-0.3, -0.25) is 9.59 Å². The van der Waals surface area contributed by atoms with Crippen LogP contribution in [0, 0.1) is 0 Å². The second-order valence-corrected chi connectivity index (χ2v) is 10.4. The number of fused-ring (bicyclic) bond motifs is 3. The number of hydrogen-bond acceptors (Lipinski definition) is 7. The molecule has 3 aliphatic rings. The summed E-state index contributed by atoms with van der Waals surface area (Å²) in [6.45, 7) is -0.391. The molecule has 0 aromatic heterocycles. The number of benzene rings is 2. The Bertz CT molecular complexity index is 1230. The molecule has 39 heavy (non-hydrogen) atoms. The van der Waals surface area contributed by atoms with Gasteiger partial charge in [0.1, 0.15) is 12.2 Å². The van der Waals surface area contributed by atoms with E-state index in [0.29, 0.717) is 28.2 Å². The van der Waals surface area contributed by atoms with Gasteiger partial charge in [0.25, 0.3) is 0 Å². The first-order valence-electron chi connectivity index (χ1n) is 13.6. The Kier molecular flexibility index (Phi) is 8.20. The summed E-state index contributed by atoms with van der Waals surface area (Å²) in [5.74, 6) is -0.342. The smallest absolute Gasteiger partial charge is 0.247 e. The highest BCUT2D eigenvalue weighted by Crippen LogP contribution is 2.51. The van der Waals surface area contributed by atoms with Gasteiger partial charge in [-0.05, 0) is 42.2 Å². The van der Waals surface area contributed by atoms with Crippen molar-refractivity contribution in [1.82, 2.24) is 10.2 Å². The Labute approximate surface area is 228 Å². The molecule has 0 radical (unpaired) electrons. The number of nitrogens with one attached hydrogen (secondary N) is 1. The number of hydrogen-bond donors (Lipinski definition) is 4. The van der Waals surface area contributed by atoms with E-state index < -0.39 is 30.1 Å². The van der Waals surface area contributed by atoms with Gasteiger partial charge in [0.2, 0.25) is 11.8 Å². The number of nitrogens with zero attached hydrogens (tertiary/aromatic N) is 1. The number of carbonyl (C=O) groups excluding carboxylic acids is 2. The van der Waals surface area contributed by atoms with Crippen molar-refractivity contribution >= 4 is 11.8 Å². The Morgan fingerprint density at radius 1 is 1.10 bits per heavy atom. The molecule has 208 valence electrons. The molecule has 9 nitrogen and oxygen atoms in total. The van der Waals surface area contributed by atoms with Crippen molar-refractivity contribution in [2.75, 3.05) is 20.3 Å². The fourth-order valence-electron chi connectivity index (χ4n) is 6.25. The van der Waals surface area contributed by atoms with Gasteiger partial charge in [0.15, 0.2) is 11.5 Å². The summed E-state index contributed by atoms with van der Waals surface area (Å²) in [5.41, 5.74) is 2.46. The van der Waals surface area contributed by atoms with Gasteiger partial charge in [-0.2, -0.15) is 0 Å². The summed E-state index contributed by atoms with van der Waals surface area (Å²) in [7, 11) is 1.50. The topological polar surface area (TPSA) is 129 Å². The highest BCUT2D eigenvalue weighted by atomic mass is 16.5. The highest BCUT2D eigenvalue weighted by Gasteiger charge is 2.52. The van der Waals surface area contributed by atoms with Crippen LogP contribution in [-0.2, 0) is 22.6 Å². The van der Waals surface area contributed by atoms with E-state index >= 15 is 0 Å². The monoisotopic (exact) mass is 536 g/mol. The van der Waals surface area contributed by atoms with E-state index in [2.05, 4.69) is 5.32 Å². The number of methoxy groups -OCH3 is 1. The summed E-state index contributed by atoms with van der Waals surface area (Å²) < 4.78 is 11.8. The van der Waals surface area contributed by atoms with Crippen molar-refractivity contribution < 1.29 is 34.4 Å². The highest BCUT2D eigenvalue weighted by molar-refractivity contribution is 5.96. The fraction of sp³-hybridized carbons (Fsp3) is 0.467. The molecule has 1 heterocycles. The van der Waals surface area contributed by atoms with Crippen LogP contribution in [-0.4, -0.2) is 76.6 Å². The van der Waals surface area contributed by atoms with Crippen LogP contribution < -0.4 is 14.8 Å². The van der Waals surface area contributed by atoms with Gasteiger partial charge >= 0.3 is 0 Å². The standard InChI is InChI=1S/C30H36N2O7/c1-38-24-14-19(17-34)13-21-26-22(30(37)31-11-12-33)16-23(27(36)29(26)39-28(21)24)32(20-9-5-6-10-20)25(35)15-18-7-3-2-4-8-18/h2-4,7-8,13-14,16,20,23,26-27,29,33-34,36H,5-6,9-12,15,17H2,1H3,(H,31,37). The summed E-state index contributed by atoms with van der Waals surface area (Å²) in [5, 5.41) is 33.7. The van der Waals surface area contributed by atoms with Crippen LogP contribution in [0.1, 0.15) is 48.3 Å². The number of aliphatic hydroxyl groups is 3. The van der Waals surface area contributed by atoms with E-state index in [9.17, 15) is 24.9 Å². The van der Waals surface area contributed by atoms with E-state index in [4.69, 9.17) is 9.47 Å². The van der Waals surface area contributed by atoms with Gasteiger partial charge in [-0.25, -0.2) is 0 Å². The minimum Gasteiger partial charge on any atom is -0.493 e. The third kappa shape index (κ3) is 5.26. The molecule has 2 aromatic carbocycles. The second-order valence-electron chi connectivity index (χ2n) is 10.4. The number of rotatable bonds is 9. The summed E-state index contributed by atoms with van der Waals surface area (Å²) in [6.07, 6.45) is 3.57. The lowest BCUT2D eigenvalue weighted by molar-refractivity contribution is -0.139. The van der Waals surface area contributed by atoms with E-state index in [1.807, 2.05) is 30.3 Å². The number of amides is 2. The first-order valence-corrected chi connectivity index (χ1v) is 13.6. The second kappa shape index (κ2) is 11.8. The maximum Gasteiger partial charge on any atom is 0.247 e. The van der Waals surface area contributed by atoms with Crippen molar-refractivity contribution in [1.29, 1.82) is 0 Å². The van der Waals surface area contributed by atoms with Crippen LogP contribution in [0.2, 0.25) is 0 Å². The van der Waals surface area contributed by atoms with E-state index in [-0.39, 0.29) is 38.1 Å². The zero-order valence-corrected chi connectivity index (χ0v) is 22.1. The van der Waals surface area contributed by atoms with Crippen molar-refractivity contribution in [3.63, 3.8) is 0 Å². The number of carbonyl (C=O) groups is 2. The first-order chi connectivity index (χ1) is 19.0. The Morgan fingerprint density at radius 3 is 2.51 bits per heavy atom. The summed E-state index contributed by atoms with van der Waals surface area (Å²) in [4.78, 5) is 29.1. The quantitative estimate of drug-likeness (QED) is 0.385. The Balaban J connectivity index is 1.58. The third-order valence-corrected chi connectivity index (χ3v) is 8.02. The minimum absolute atomic E-state index is 0.0604. The predicted molar refractivity (Wildman–Crippen MR) is 143 cm³/mol. The summed E-state index contributed by atoms with van der Waals surface area (Å²) >= 11 is 0. The van der Waals surface area contributed by atoms with Crippen LogP contribution in [0.25, 0.3) is 0 Å². The maximum atomic E-state index is 13.9. The van der Waals surface area contributed by atoms with Crippen molar-refractivity contribution in [3.8, 4) is 11.5 Å². The largest absolute Gasteiger partial charge is 0.493 e. The van der Waals surface area contributed by atoms with E-state index in [1.54, 1.807) is 23.1 Å². The molecular formula is C30H36N2O7. The maximum absolute atomic E-state index is 13.9. The molecule has 1 saturated carbocycles. The Morgan fingerprint density at radius 2 is 1.85 bits per heavy atom. The molecule has 0 saturated heterocycles. The molecule has 9 heteroatoms. The molecule has 0 bridgehead atoms. The zero-order chi connectivity index (χ0) is 27.5. The molecule has 2 amide bonds. The molecule has 1 fully saturated rings. The van der Waals surface area contributed by atoms with Gasteiger partial charge < -0.3 is 35.0 Å². The van der Waals surface area contributed by atoms with Gasteiger partial charge in [-0.15, -0.1) is 0 Å². The van der Waals surface area contributed by atoms with Crippen molar-refractivity contribution in [3.05, 3.63) is 70.8 Å². The van der Waals surface area contributed by atoms with Crippen molar-refractivity contribution in [2.24, 2.45) is 0 Å². The SMILES string of the molecule is COc1cc(CO)cc2c1OC1C2C(C(=O)NCCO)=CC(N(C(=O)Cc2ccccc2)C2CCCC2)C1O. The predicted octanol–water partition coefficient (Wildman–Crippen LogP) is 1.82. The van der Waals surface area contributed by atoms with Crippen molar-refractivity contribution in [2.45, 2.75) is 68.9 Å². The van der Waals surface area contributed by atoms with Gasteiger partial charge in [0, 0.05) is 23.7 Å². The lowest BCUT2D eigenvalue weighted by Gasteiger charge is -2.43. The van der Waals surface area contributed by atoms with E-state index in [0.717, 1.165) is 31.2 Å². The molecule has 2 aromatic rings. The lowest BCUT2D eigenvalue weighted by Crippen LogP contribution is -2.58. The van der Waals surface area contributed by atoms with Crippen LogP contribution in [0.3, 0.4) is 0 Å². The summed E-state index contributed by atoms with van der Waals surface area (Å²) in [6, 6.07) is 12.1. The van der Waals surface area contributed by atoms with Crippen LogP contribution in [0.4, 0.5) is 0 Å². The van der Waals surface area contributed by atoms with Gasteiger partial charge in [0.05, 0.1) is 38.7 Å². The molecular weight excluding hydrogens is 500 g/mol. The molecule has 5 rings (SSSR count). The van der Waals surface area contributed by atoms with Crippen LogP contribution in [0.5, 0.6) is 11.5 Å².